The van der Waals surface area contributed by atoms with E-state index < -0.39 is 5.97 Å². The van der Waals surface area contributed by atoms with Crippen molar-refractivity contribution in [3.05, 3.63) is 17.0 Å². The molecule has 0 aliphatic rings. The van der Waals surface area contributed by atoms with Crippen molar-refractivity contribution < 1.29 is 14.3 Å². The van der Waals surface area contributed by atoms with Gasteiger partial charge in [0.25, 0.3) is 0 Å². The predicted octanol–water partition coefficient (Wildman–Crippen LogP) is 0.277. The number of rotatable bonds is 2. The molecule has 1 heterocycles. The molecule has 5 nitrogen and oxygen atoms in total. The summed E-state index contributed by atoms with van der Waals surface area (Å²) in [5, 5.41) is -0.0558. The van der Waals surface area contributed by atoms with E-state index >= 15 is 0 Å². The van der Waals surface area contributed by atoms with Gasteiger partial charge >= 0.3 is 35.5 Å². The topological polar surface area (TPSA) is 61.3 Å². The van der Waals surface area contributed by atoms with Crippen LogP contribution in [0.5, 0.6) is 5.88 Å². The van der Waals surface area contributed by atoms with Crippen LogP contribution in [0.2, 0.25) is 5.28 Å². The van der Waals surface area contributed by atoms with Crippen molar-refractivity contribution in [3.63, 3.8) is 0 Å². The maximum absolute atomic E-state index is 11.0. The molecule has 1 aromatic rings. The Labute approximate surface area is 108 Å². The molecule has 0 spiro atoms. The molecule has 1 aromatic heterocycles. The van der Waals surface area contributed by atoms with Gasteiger partial charge in [-0.3, -0.25) is 0 Å². The third-order valence-corrected chi connectivity index (χ3v) is 1.45. The normalized spacial score (nSPS) is 8.79. The average molecular weight is 227 g/mol. The SMILES string of the molecule is COC(=O)c1cc(OC)nc(Cl)n1.[NaH]. The van der Waals surface area contributed by atoms with E-state index in [1.807, 2.05) is 0 Å². The number of halogens is 1. The van der Waals surface area contributed by atoms with Crippen molar-refractivity contribution in [2.24, 2.45) is 0 Å². The standard InChI is InChI=1S/C7H7ClN2O3.Na.H/c1-12-5-3-4(6(11)13-2)9-7(8)10-5;;/h3H,1-2H3;;. The van der Waals surface area contributed by atoms with E-state index in [4.69, 9.17) is 16.3 Å². The molecule has 0 aliphatic heterocycles. The third kappa shape index (κ3) is 3.42. The summed E-state index contributed by atoms with van der Waals surface area (Å²) >= 11 is 5.52. The molecule has 0 N–H and O–H groups in total. The minimum absolute atomic E-state index is 0. The molecule has 0 aliphatic carbocycles. The zero-order chi connectivity index (χ0) is 9.84. The van der Waals surface area contributed by atoms with Crippen LogP contribution < -0.4 is 4.74 Å². The Kier molecular flexibility index (Phi) is 6.03. The van der Waals surface area contributed by atoms with Crippen LogP contribution >= 0.6 is 11.6 Å². The van der Waals surface area contributed by atoms with Gasteiger partial charge in [-0.25, -0.2) is 9.78 Å². The number of carbonyl (C=O) groups is 1. The maximum atomic E-state index is 11.0. The van der Waals surface area contributed by atoms with Crippen LogP contribution in [0, 0.1) is 0 Å². The van der Waals surface area contributed by atoms with Crippen molar-refractivity contribution >= 4 is 47.1 Å². The molecule has 0 radical (unpaired) electrons. The quantitative estimate of drug-likeness (QED) is 0.412. The third-order valence-electron chi connectivity index (χ3n) is 1.28. The molecule has 0 amide bonds. The first-order valence-corrected chi connectivity index (χ1v) is 3.72. The Morgan fingerprint density at radius 2 is 2.07 bits per heavy atom. The van der Waals surface area contributed by atoms with E-state index in [-0.39, 0.29) is 46.4 Å². The summed E-state index contributed by atoms with van der Waals surface area (Å²) in [6, 6.07) is 1.34. The fourth-order valence-corrected chi connectivity index (χ4v) is 0.885. The first-order chi connectivity index (χ1) is 6.17. The summed E-state index contributed by atoms with van der Waals surface area (Å²) in [5.41, 5.74) is 0.0688. The molecule has 1 rings (SSSR count). The molecular formula is C7H8ClN2NaO3. The van der Waals surface area contributed by atoms with Crippen LogP contribution in [0.15, 0.2) is 6.07 Å². The van der Waals surface area contributed by atoms with Gasteiger partial charge in [-0.1, -0.05) is 0 Å². The first-order valence-electron chi connectivity index (χ1n) is 3.34. The summed E-state index contributed by atoms with van der Waals surface area (Å²) in [6.07, 6.45) is 0. The fourth-order valence-electron chi connectivity index (χ4n) is 0.711. The predicted molar refractivity (Wildman–Crippen MR) is 52.1 cm³/mol. The Bertz CT molecular complexity index is 335. The van der Waals surface area contributed by atoms with Gasteiger partial charge in [0.05, 0.1) is 14.2 Å². The van der Waals surface area contributed by atoms with Gasteiger partial charge in [0.2, 0.25) is 11.2 Å². The van der Waals surface area contributed by atoms with Gasteiger partial charge < -0.3 is 9.47 Å². The molecule has 0 fully saturated rings. The van der Waals surface area contributed by atoms with E-state index in [1.165, 1.54) is 20.3 Å². The number of ether oxygens (including phenoxy) is 2. The van der Waals surface area contributed by atoms with Crippen molar-refractivity contribution in [1.29, 1.82) is 0 Å². The summed E-state index contributed by atoms with van der Waals surface area (Å²) in [7, 11) is 2.67. The van der Waals surface area contributed by atoms with E-state index in [9.17, 15) is 4.79 Å². The van der Waals surface area contributed by atoms with Crippen LogP contribution in [0.4, 0.5) is 0 Å². The van der Waals surface area contributed by atoms with E-state index in [0.29, 0.717) is 0 Å². The molecule has 0 atom stereocenters. The number of aromatic nitrogens is 2. The summed E-state index contributed by atoms with van der Waals surface area (Å²) in [6.45, 7) is 0. The molecule has 0 aromatic carbocycles. The second-order valence-corrected chi connectivity index (χ2v) is 2.39. The molecule has 7 heteroatoms. The number of carbonyl (C=O) groups excluding carboxylic acids is 1. The fraction of sp³-hybridized carbons (Fsp3) is 0.286. The van der Waals surface area contributed by atoms with E-state index in [2.05, 4.69) is 14.7 Å². The number of hydrogen-bond donors (Lipinski definition) is 0. The average Bonchev–Trinajstić information content (AvgIpc) is 2.15. The molecule has 0 saturated carbocycles. The van der Waals surface area contributed by atoms with Gasteiger partial charge in [0.15, 0.2) is 5.69 Å². The van der Waals surface area contributed by atoms with Gasteiger partial charge in [0.1, 0.15) is 0 Å². The van der Waals surface area contributed by atoms with Crippen molar-refractivity contribution in [3.8, 4) is 5.88 Å². The van der Waals surface area contributed by atoms with Crippen LogP contribution in [0.3, 0.4) is 0 Å². The Balaban J connectivity index is 0.00000169. The van der Waals surface area contributed by atoms with Gasteiger partial charge in [-0.15, -0.1) is 0 Å². The second-order valence-electron chi connectivity index (χ2n) is 2.06. The minimum atomic E-state index is -0.581. The van der Waals surface area contributed by atoms with Gasteiger partial charge in [-0.2, -0.15) is 4.98 Å². The monoisotopic (exact) mass is 226 g/mol. The van der Waals surface area contributed by atoms with Gasteiger partial charge in [0, 0.05) is 6.07 Å². The number of esters is 1. The zero-order valence-electron chi connectivity index (χ0n) is 7.07. The van der Waals surface area contributed by atoms with Crippen molar-refractivity contribution in [2.75, 3.05) is 14.2 Å². The Morgan fingerprint density at radius 3 is 2.57 bits per heavy atom. The van der Waals surface area contributed by atoms with E-state index in [1.54, 1.807) is 0 Å². The van der Waals surface area contributed by atoms with Gasteiger partial charge in [-0.05, 0) is 11.6 Å². The zero-order valence-corrected chi connectivity index (χ0v) is 7.83. The summed E-state index contributed by atoms with van der Waals surface area (Å²) in [5.74, 6) is -0.358. The Morgan fingerprint density at radius 1 is 1.43 bits per heavy atom. The summed E-state index contributed by atoms with van der Waals surface area (Å²) < 4.78 is 9.23. The molecule has 0 bridgehead atoms. The van der Waals surface area contributed by atoms with E-state index in [0.717, 1.165) is 0 Å². The molecular weight excluding hydrogens is 219 g/mol. The van der Waals surface area contributed by atoms with Crippen LogP contribution in [-0.4, -0.2) is 59.7 Å². The molecule has 72 valence electrons. The van der Waals surface area contributed by atoms with Crippen molar-refractivity contribution in [1.82, 2.24) is 9.97 Å². The number of hydrogen-bond acceptors (Lipinski definition) is 5. The van der Waals surface area contributed by atoms with Crippen molar-refractivity contribution in [2.45, 2.75) is 0 Å². The van der Waals surface area contributed by atoms with Crippen LogP contribution in [0.1, 0.15) is 10.5 Å². The Hall–Kier alpha value is -0.360. The van der Waals surface area contributed by atoms with Crippen LogP contribution in [-0.2, 0) is 4.74 Å². The molecule has 0 saturated heterocycles. The first kappa shape index (κ1) is 13.6. The summed E-state index contributed by atoms with van der Waals surface area (Å²) in [4.78, 5) is 18.4. The van der Waals surface area contributed by atoms with Crippen LogP contribution in [0.25, 0.3) is 0 Å². The number of nitrogens with zero attached hydrogens (tertiary/aromatic N) is 2. The molecule has 0 unspecified atom stereocenters. The second kappa shape index (κ2) is 6.19. The molecule has 14 heavy (non-hydrogen) atoms. The number of methoxy groups -OCH3 is 2.